The number of rotatable bonds is 10. The highest BCUT2D eigenvalue weighted by Gasteiger charge is 2.23. The van der Waals surface area contributed by atoms with Gasteiger partial charge in [0.2, 0.25) is 0 Å². The summed E-state index contributed by atoms with van der Waals surface area (Å²) in [7, 11) is 3.22. The predicted octanol–water partition coefficient (Wildman–Crippen LogP) is 5.97. The number of carbonyl (C=O) groups excluding carboxylic acids is 1. The summed E-state index contributed by atoms with van der Waals surface area (Å²) >= 11 is 1.48. The summed E-state index contributed by atoms with van der Waals surface area (Å²) in [5, 5.41) is 0.666. The monoisotopic (exact) mass is 489 g/mol. The molecule has 3 aromatic carbocycles. The van der Waals surface area contributed by atoms with Crippen LogP contribution in [-0.2, 0) is 0 Å². The Morgan fingerprint density at radius 3 is 2.11 bits per heavy atom. The van der Waals surface area contributed by atoms with Crippen molar-refractivity contribution < 1.29 is 14.3 Å². The lowest BCUT2D eigenvalue weighted by Gasteiger charge is -2.24. The molecule has 0 saturated heterocycles. The molecular weight excluding hydrogens is 458 g/mol. The Morgan fingerprint density at radius 1 is 0.857 bits per heavy atom. The zero-order chi connectivity index (χ0) is 24.8. The molecule has 7 heteroatoms. The zero-order valence-corrected chi connectivity index (χ0v) is 21.5. The average molecular weight is 490 g/mol. The molecule has 1 heterocycles. The number of hydrogen-bond donors (Lipinski definition) is 0. The highest BCUT2D eigenvalue weighted by molar-refractivity contribution is 7.22. The first kappa shape index (κ1) is 24.7. The molecule has 0 bridgehead atoms. The fourth-order valence-electron chi connectivity index (χ4n) is 4.02. The molecule has 182 valence electrons. The van der Waals surface area contributed by atoms with Gasteiger partial charge in [0.1, 0.15) is 0 Å². The summed E-state index contributed by atoms with van der Waals surface area (Å²) < 4.78 is 11.8. The van der Waals surface area contributed by atoms with Crippen LogP contribution in [0.2, 0.25) is 0 Å². The molecule has 6 nitrogen and oxygen atoms in total. The number of amides is 1. The van der Waals surface area contributed by atoms with Crippen LogP contribution in [0, 0.1) is 0 Å². The second kappa shape index (κ2) is 11.3. The minimum atomic E-state index is -0.0604. The van der Waals surface area contributed by atoms with E-state index in [0.29, 0.717) is 28.7 Å². The molecule has 0 fully saturated rings. The molecule has 0 unspecified atom stereocenters. The summed E-state index contributed by atoms with van der Waals surface area (Å²) in [5.74, 6) is 1.21. The number of anilines is 1. The maximum atomic E-state index is 13.7. The van der Waals surface area contributed by atoms with E-state index in [4.69, 9.17) is 14.5 Å². The van der Waals surface area contributed by atoms with Crippen molar-refractivity contribution in [2.24, 2.45) is 0 Å². The van der Waals surface area contributed by atoms with Gasteiger partial charge in [-0.05, 0) is 36.3 Å². The smallest absolute Gasteiger partial charge is 0.260 e. The molecule has 0 N–H and O–H groups in total. The Morgan fingerprint density at radius 2 is 1.49 bits per heavy atom. The first-order valence-electron chi connectivity index (χ1n) is 11.8. The van der Waals surface area contributed by atoms with Gasteiger partial charge in [0.05, 0.1) is 24.4 Å². The molecule has 4 rings (SSSR count). The third kappa shape index (κ3) is 5.47. The number of nitrogens with zero attached hydrogens (tertiary/aromatic N) is 3. The number of carbonyl (C=O) groups is 1. The van der Waals surface area contributed by atoms with Gasteiger partial charge in [-0.25, -0.2) is 4.98 Å². The molecule has 0 aliphatic heterocycles. The largest absolute Gasteiger partial charge is 0.493 e. The van der Waals surface area contributed by atoms with Crippen molar-refractivity contribution in [3.05, 3.63) is 72.3 Å². The maximum Gasteiger partial charge on any atom is 0.260 e. The van der Waals surface area contributed by atoms with Crippen molar-refractivity contribution >= 4 is 32.6 Å². The summed E-state index contributed by atoms with van der Waals surface area (Å²) in [6.07, 6.45) is 0. The number of ether oxygens (including phenoxy) is 2. The first-order valence-corrected chi connectivity index (χ1v) is 12.6. The van der Waals surface area contributed by atoms with E-state index < -0.39 is 0 Å². The lowest BCUT2D eigenvalue weighted by atomic mass is 10.0. The Kier molecular flexibility index (Phi) is 8.00. The SMILES string of the molecule is CCN(CC)CCN(C(=O)c1ccc(-c2ccccc2)cc1)c1nc2cc(OC)c(OC)cc2s1. The molecule has 0 spiro atoms. The third-order valence-electron chi connectivity index (χ3n) is 6.13. The Balaban J connectivity index is 1.67. The second-order valence-electron chi connectivity index (χ2n) is 8.10. The van der Waals surface area contributed by atoms with Crippen LogP contribution in [0.5, 0.6) is 11.5 Å². The summed E-state index contributed by atoms with van der Waals surface area (Å²) in [5.41, 5.74) is 3.62. The molecule has 35 heavy (non-hydrogen) atoms. The maximum absolute atomic E-state index is 13.7. The molecule has 1 aromatic heterocycles. The Labute approximate surface area is 210 Å². The lowest BCUT2D eigenvalue weighted by molar-refractivity contribution is 0.0984. The van der Waals surface area contributed by atoms with E-state index in [0.717, 1.165) is 41.0 Å². The van der Waals surface area contributed by atoms with Gasteiger partial charge >= 0.3 is 0 Å². The minimum Gasteiger partial charge on any atom is -0.493 e. The van der Waals surface area contributed by atoms with Crippen LogP contribution in [0.15, 0.2) is 66.7 Å². The molecule has 1 amide bonds. The van der Waals surface area contributed by atoms with Crippen molar-refractivity contribution in [3.63, 3.8) is 0 Å². The number of thiazole rings is 1. The topological polar surface area (TPSA) is 54.9 Å². The molecular formula is C28H31N3O3S. The standard InChI is InChI=1S/C28H31N3O3S/c1-5-30(6-2)16-17-31(28-29-23-18-24(33-3)25(34-4)19-26(23)35-28)27(32)22-14-12-21(13-15-22)20-10-8-7-9-11-20/h7-15,18-19H,5-6,16-17H2,1-4H3. The van der Waals surface area contributed by atoms with Gasteiger partial charge in [0.25, 0.3) is 5.91 Å². The lowest BCUT2D eigenvalue weighted by Crippen LogP contribution is -2.38. The molecule has 4 aromatic rings. The van der Waals surface area contributed by atoms with Gasteiger partial charge in [-0.15, -0.1) is 0 Å². The van der Waals surface area contributed by atoms with Crippen LogP contribution in [-0.4, -0.2) is 56.2 Å². The Hall–Kier alpha value is -3.42. The van der Waals surface area contributed by atoms with Crippen molar-refractivity contribution in [1.29, 1.82) is 0 Å². The van der Waals surface area contributed by atoms with Gasteiger partial charge in [-0.1, -0.05) is 67.6 Å². The van der Waals surface area contributed by atoms with E-state index >= 15 is 0 Å². The minimum absolute atomic E-state index is 0.0604. The quantitative estimate of drug-likeness (QED) is 0.275. The van der Waals surface area contributed by atoms with E-state index in [1.807, 2.05) is 54.6 Å². The van der Waals surface area contributed by atoms with E-state index in [2.05, 4.69) is 30.9 Å². The van der Waals surface area contributed by atoms with Gasteiger partial charge in [-0.3, -0.25) is 9.69 Å². The fourth-order valence-corrected chi connectivity index (χ4v) is 5.02. The van der Waals surface area contributed by atoms with Gasteiger partial charge < -0.3 is 14.4 Å². The van der Waals surface area contributed by atoms with Crippen molar-refractivity contribution in [2.45, 2.75) is 13.8 Å². The van der Waals surface area contributed by atoms with Crippen molar-refractivity contribution in [3.8, 4) is 22.6 Å². The van der Waals surface area contributed by atoms with E-state index in [9.17, 15) is 4.79 Å². The molecule has 0 aliphatic carbocycles. The normalized spacial score (nSPS) is 11.1. The summed E-state index contributed by atoms with van der Waals surface area (Å²) in [6, 6.07) is 21.7. The van der Waals surface area contributed by atoms with Crippen LogP contribution in [0.4, 0.5) is 5.13 Å². The number of benzene rings is 3. The van der Waals surface area contributed by atoms with Crippen molar-refractivity contribution in [2.75, 3.05) is 45.3 Å². The van der Waals surface area contributed by atoms with Crippen LogP contribution < -0.4 is 14.4 Å². The van der Waals surface area contributed by atoms with E-state index in [-0.39, 0.29) is 5.91 Å². The summed E-state index contributed by atoms with van der Waals surface area (Å²) in [6.45, 7) is 7.44. The number of aromatic nitrogens is 1. The first-order chi connectivity index (χ1) is 17.1. The predicted molar refractivity (Wildman–Crippen MR) is 144 cm³/mol. The zero-order valence-electron chi connectivity index (χ0n) is 20.7. The number of methoxy groups -OCH3 is 2. The van der Waals surface area contributed by atoms with Crippen LogP contribution >= 0.6 is 11.3 Å². The van der Waals surface area contributed by atoms with E-state index in [1.54, 1.807) is 19.1 Å². The van der Waals surface area contributed by atoms with Gasteiger partial charge in [-0.2, -0.15) is 0 Å². The molecule has 0 saturated carbocycles. The van der Waals surface area contributed by atoms with Gasteiger partial charge in [0, 0.05) is 30.8 Å². The second-order valence-corrected chi connectivity index (χ2v) is 9.11. The molecule has 0 atom stereocenters. The molecule has 0 radical (unpaired) electrons. The van der Waals surface area contributed by atoms with Crippen LogP contribution in [0.25, 0.3) is 21.3 Å². The van der Waals surface area contributed by atoms with Crippen molar-refractivity contribution in [1.82, 2.24) is 9.88 Å². The fraction of sp³-hybridized carbons (Fsp3) is 0.286. The average Bonchev–Trinajstić information content (AvgIpc) is 3.33. The number of likely N-dealkylation sites (N-methyl/N-ethyl adjacent to an activating group) is 1. The van der Waals surface area contributed by atoms with Gasteiger partial charge in [0.15, 0.2) is 16.6 Å². The van der Waals surface area contributed by atoms with Crippen LogP contribution in [0.1, 0.15) is 24.2 Å². The van der Waals surface area contributed by atoms with E-state index in [1.165, 1.54) is 11.3 Å². The summed E-state index contributed by atoms with van der Waals surface area (Å²) in [4.78, 5) is 22.6. The third-order valence-corrected chi connectivity index (χ3v) is 7.17. The molecule has 0 aliphatic rings. The Bertz CT molecular complexity index is 1230. The highest BCUT2D eigenvalue weighted by Crippen LogP contribution is 2.37. The van der Waals surface area contributed by atoms with Crippen LogP contribution in [0.3, 0.4) is 0 Å². The highest BCUT2D eigenvalue weighted by atomic mass is 32.1. The number of hydrogen-bond acceptors (Lipinski definition) is 6. The number of fused-ring (bicyclic) bond motifs is 1.